The third kappa shape index (κ3) is 3.70. The maximum absolute atomic E-state index is 12.0. The van der Waals surface area contributed by atoms with Crippen molar-refractivity contribution in [2.75, 3.05) is 14.2 Å². The number of para-hydroxylation sites is 1. The molecule has 7 heteroatoms. The number of amides is 2. The van der Waals surface area contributed by atoms with Crippen LogP contribution in [0.1, 0.15) is 20.7 Å². The molecule has 2 aromatic carbocycles. The molecule has 0 spiro atoms. The second kappa shape index (κ2) is 7.17. The number of phenols is 1. The van der Waals surface area contributed by atoms with E-state index in [2.05, 4.69) is 10.9 Å². The molecule has 23 heavy (non-hydrogen) atoms. The van der Waals surface area contributed by atoms with Crippen LogP contribution in [0.5, 0.6) is 17.2 Å². The summed E-state index contributed by atoms with van der Waals surface area (Å²) in [6.07, 6.45) is 0. The van der Waals surface area contributed by atoms with E-state index in [4.69, 9.17) is 9.47 Å². The molecule has 0 saturated carbocycles. The van der Waals surface area contributed by atoms with Gasteiger partial charge in [-0.15, -0.1) is 0 Å². The van der Waals surface area contributed by atoms with Gasteiger partial charge < -0.3 is 14.6 Å². The van der Waals surface area contributed by atoms with Crippen LogP contribution in [-0.2, 0) is 0 Å². The highest BCUT2D eigenvalue weighted by atomic mass is 16.5. The molecule has 0 unspecified atom stereocenters. The molecule has 0 fully saturated rings. The molecule has 0 aliphatic heterocycles. The van der Waals surface area contributed by atoms with Crippen molar-refractivity contribution in [1.29, 1.82) is 0 Å². The summed E-state index contributed by atoms with van der Waals surface area (Å²) in [4.78, 5) is 23.9. The Morgan fingerprint density at radius 1 is 0.913 bits per heavy atom. The lowest BCUT2D eigenvalue weighted by molar-refractivity contribution is 0.0845. The second-order valence-electron chi connectivity index (χ2n) is 4.50. The Morgan fingerprint density at radius 3 is 2.22 bits per heavy atom. The minimum atomic E-state index is -0.628. The van der Waals surface area contributed by atoms with E-state index in [0.29, 0.717) is 11.5 Å². The minimum absolute atomic E-state index is 0.0557. The number of carbonyl (C=O) groups is 2. The fraction of sp³-hybridized carbons (Fsp3) is 0.125. The van der Waals surface area contributed by atoms with Crippen LogP contribution in [-0.4, -0.2) is 31.1 Å². The lowest BCUT2D eigenvalue weighted by atomic mass is 10.2. The number of ether oxygens (including phenoxy) is 2. The predicted molar refractivity (Wildman–Crippen MR) is 82.6 cm³/mol. The third-order valence-electron chi connectivity index (χ3n) is 3.08. The highest BCUT2D eigenvalue weighted by Crippen LogP contribution is 2.27. The van der Waals surface area contributed by atoms with Gasteiger partial charge in [0.2, 0.25) is 0 Å². The number of rotatable bonds is 4. The van der Waals surface area contributed by atoms with Crippen LogP contribution in [0.2, 0.25) is 0 Å². The number of carbonyl (C=O) groups excluding carboxylic acids is 2. The number of benzene rings is 2. The molecular weight excluding hydrogens is 300 g/mol. The number of hydrogen-bond donors (Lipinski definition) is 3. The second-order valence-corrected chi connectivity index (χ2v) is 4.50. The molecule has 2 aromatic rings. The van der Waals surface area contributed by atoms with Crippen molar-refractivity contribution >= 4 is 11.8 Å². The Bertz CT molecular complexity index is 730. The zero-order valence-corrected chi connectivity index (χ0v) is 12.6. The number of nitrogens with one attached hydrogen (secondary N) is 2. The lowest BCUT2D eigenvalue weighted by Crippen LogP contribution is -2.41. The van der Waals surface area contributed by atoms with Crippen LogP contribution in [0.4, 0.5) is 0 Å². The smallest absolute Gasteiger partial charge is 0.273 e. The quantitative estimate of drug-likeness (QED) is 0.743. The number of hydrogen-bond acceptors (Lipinski definition) is 5. The van der Waals surface area contributed by atoms with Crippen molar-refractivity contribution in [1.82, 2.24) is 10.9 Å². The molecule has 3 N–H and O–H groups in total. The summed E-state index contributed by atoms with van der Waals surface area (Å²) in [5, 5.41) is 9.59. The van der Waals surface area contributed by atoms with Crippen LogP contribution >= 0.6 is 0 Å². The number of phenolic OH excluding ortho intramolecular Hbond substituents is 1. The van der Waals surface area contributed by atoms with Gasteiger partial charge in [-0.25, -0.2) is 0 Å². The van der Waals surface area contributed by atoms with E-state index >= 15 is 0 Å². The molecule has 0 radical (unpaired) electrons. The molecule has 120 valence electrons. The fourth-order valence-electron chi connectivity index (χ4n) is 1.90. The van der Waals surface area contributed by atoms with Crippen molar-refractivity contribution in [3.8, 4) is 17.2 Å². The first-order chi connectivity index (χ1) is 11.1. The largest absolute Gasteiger partial charge is 0.507 e. The van der Waals surface area contributed by atoms with Gasteiger partial charge in [-0.2, -0.15) is 0 Å². The number of aromatic hydroxyl groups is 1. The normalized spacial score (nSPS) is 9.83. The maximum Gasteiger partial charge on any atom is 0.273 e. The first-order valence-electron chi connectivity index (χ1n) is 6.67. The lowest BCUT2D eigenvalue weighted by Gasteiger charge is -2.11. The average molecular weight is 316 g/mol. The molecule has 0 aromatic heterocycles. The average Bonchev–Trinajstić information content (AvgIpc) is 2.59. The van der Waals surface area contributed by atoms with E-state index in [1.165, 1.54) is 38.5 Å². The molecule has 0 heterocycles. The fourth-order valence-corrected chi connectivity index (χ4v) is 1.90. The summed E-state index contributed by atoms with van der Waals surface area (Å²) in [6, 6.07) is 10.6. The van der Waals surface area contributed by atoms with Crippen molar-refractivity contribution in [3.05, 3.63) is 53.6 Å². The topological polar surface area (TPSA) is 96.9 Å². The highest BCUT2D eigenvalue weighted by Gasteiger charge is 2.13. The van der Waals surface area contributed by atoms with Crippen LogP contribution in [0, 0.1) is 0 Å². The summed E-state index contributed by atoms with van der Waals surface area (Å²) < 4.78 is 10.2. The summed E-state index contributed by atoms with van der Waals surface area (Å²) in [6.45, 7) is 0. The Kier molecular flexibility index (Phi) is 5.03. The Morgan fingerprint density at radius 2 is 1.57 bits per heavy atom. The maximum atomic E-state index is 12.0. The molecule has 0 aliphatic rings. The van der Waals surface area contributed by atoms with Gasteiger partial charge >= 0.3 is 0 Å². The van der Waals surface area contributed by atoms with E-state index in [1.807, 2.05) is 0 Å². The van der Waals surface area contributed by atoms with Gasteiger partial charge in [0.25, 0.3) is 11.8 Å². The number of methoxy groups -OCH3 is 2. The Balaban J connectivity index is 2.05. The number of hydrazine groups is 1. The van der Waals surface area contributed by atoms with E-state index in [1.54, 1.807) is 18.2 Å². The first-order valence-corrected chi connectivity index (χ1v) is 6.67. The molecule has 7 nitrogen and oxygen atoms in total. The van der Waals surface area contributed by atoms with Gasteiger partial charge in [0.1, 0.15) is 5.75 Å². The first kappa shape index (κ1) is 16.2. The molecular formula is C16H16N2O5. The van der Waals surface area contributed by atoms with Crippen molar-refractivity contribution in [2.45, 2.75) is 0 Å². The van der Waals surface area contributed by atoms with Gasteiger partial charge in [-0.1, -0.05) is 12.1 Å². The highest BCUT2D eigenvalue weighted by molar-refractivity contribution is 6.00. The van der Waals surface area contributed by atoms with Crippen LogP contribution < -0.4 is 20.3 Å². The van der Waals surface area contributed by atoms with Crippen LogP contribution in [0.3, 0.4) is 0 Å². The van der Waals surface area contributed by atoms with E-state index in [9.17, 15) is 14.7 Å². The van der Waals surface area contributed by atoms with E-state index < -0.39 is 11.8 Å². The molecule has 2 amide bonds. The zero-order valence-electron chi connectivity index (χ0n) is 12.6. The summed E-state index contributed by atoms with van der Waals surface area (Å²) in [5.74, 6) is -0.452. The molecule has 0 bridgehead atoms. The van der Waals surface area contributed by atoms with Gasteiger partial charge in [0.05, 0.1) is 19.8 Å². The summed E-state index contributed by atoms with van der Waals surface area (Å²) in [7, 11) is 2.95. The van der Waals surface area contributed by atoms with Gasteiger partial charge in [-0.3, -0.25) is 20.4 Å². The Labute approximate surface area is 132 Å². The van der Waals surface area contributed by atoms with Crippen molar-refractivity contribution in [3.63, 3.8) is 0 Å². The monoisotopic (exact) mass is 316 g/mol. The molecule has 0 saturated heterocycles. The van der Waals surface area contributed by atoms with E-state index in [0.717, 1.165) is 0 Å². The van der Waals surface area contributed by atoms with Crippen LogP contribution in [0.25, 0.3) is 0 Å². The van der Waals surface area contributed by atoms with Crippen molar-refractivity contribution < 1.29 is 24.2 Å². The molecule has 0 aliphatic carbocycles. The molecule has 2 rings (SSSR count). The van der Waals surface area contributed by atoms with Crippen LogP contribution in [0.15, 0.2) is 42.5 Å². The van der Waals surface area contributed by atoms with E-state index in [-0.39, 0.29) is 16.9 Å². The van der Waals surface area contributed by atoms with Crippen molar-refractivity contribution in [2.24, 2.45) is 0 Å². The summed E-state index contributed by atoms with van der Waals surface area (Å²) >= 11 is 0. The third-order valence-corrected chi connectivity index (χ3v) is 3.08. The summed E-state index contributed by atoms with van der Waals surface area (Å²) in [5.41, 5.74) is 4.83. The zero-order chi connectivity index (χ0) is 16.8. The minimum Gasteiger partial charge on any atom is -0.507 e. The standard InChI is InChI=1S/C16H16N2O5/c1-22-13-8-7-10(9-14(13)23-2)15(20)17-18-16(21)11-5-3-4-6-12(11)19/h3-9,19H,1-2H3,(H,17,20)(H,18,21). The van der Waals surface area contributed by atoms with Gasteiger partial charge in [0, 0.05) is 5.56 Å². The SMILES string of the molecule is COc1ccc(C(=O)NNC(=O)c2ccccc2O)cc1OC. The predicted octanol–water partition coefficient (Wildman–Crippen LogP) is 1.48. The Hall–Kier alpha value is -3.22. The van der Waals surface area contributed by atoms with Gasteiger partial charge in [0.15, 0.2) is 11.5 Å². The molecule has 0 atom stereocenters. The van der Waals surface area contributed by atoms with Gasteiger partial charge in [-0.05, 0) is 30.3 Å².